The largest absolute Gasteiger partial charge is 0.478 e. The Balaban J connectivity index is 1.13. The summed E-state index contributed by atoms with van der Waals surface area (Å²) < 4.78 is 20.6. The molecule has 0 radical (unpaired) electrons. The molecule has 0 bridgehead atoms. The number of carbonyl (C=O) groups is 1. The molecule has 0 unspecified atom stereocenters. The number of halogens is 1. The van der Waals surface area contributed by atoms with Crippen LogP contribution < -0.4 is 20.9 Å². The van der Waals surface area contributed by atoms with Gasteiger partial charge in [0.05, 0.1) is 30.0 Å². The monoisotopic (exact) mass is 453 g/mol. The highest BCUT2D eigenvalue weighted by molar-refractivity contribution is 5.94. The standard InChI is InChI=1S/C22H24FN7O3/c23-14-1-2-16-17(9-14)30(21(32)12-25-16)8-7-29-5-3-15(4-6-29)24-11-19-26-10-18-22(27-19)28-20(31)13-33-18/h1-2,9-10,12,15,24H,3-8,11,13H2,(H,26,27,28,31). The number of aromatic nitrogens is 4. The molecule has 2 N–H and O–H groups in total. The van der Waals surface area contributed by atoms with Crippen LogP contribution in [0.25, 0.3) is 11.0 Å². The summed E-state index contributed by atoms with van der Waals surface area (Å²) in [5.41, 5.74) is 0.899. The van der Waals surface area contributed by atoms with Crippen molar-refractivity contribution in [2.75, 3.05) is 31.6 Å². The topological polar surface area (TPSA) is 114 Å². The van der Waals surface area contributed by atoms with Crippen molar-refractivity contribution in [2.24, 2.45) is 0 Å². The number of rotatable bonds is 6. The van der Waals surface area contributed by atoms with Crippen molar-refractivity contribution < 1.29 is 13.9 Å². The summed E-state index contributed by atoms with van der Waals surface area (Å²) in [6.07, 6.45) is 4.77. The number of likely N-dealkylation sites (tertiary alicyclic amines) is 1. The summed E-state index contributed by atoms with van der Waals surface area (Å²) in [6, 6.07) is 4.62. The maximum absolute atomic E-state index is 13.7. The zero-order valence-electron chi connectivity index (χ0n) is 18.0. The van der Waals surface area contributed by atoms with Gasteiger partial charge in [0.15, 0.2) is 18.2 Å². The molecule has 3 aromatic rings. The van der Waals surface area contributed by atoms with Gasteiger partial charge in [0.1, 0.15) is 11.6 Å². The number of hydrogen-bond acceptors (Lipinski definition) is 8. The van der Waals surface area contributed by atoms with Gasteiger partial charge in [-0.1, -0.05) is 0 Å². The van der Waals surface area contributed by atoms with E-state index in [0.29, 0.717) is 54.1 Å². The fourth-order valence-electron chi connectivity index (χ4n) is 4.20. The van der Waals surface area contributed by atoms with E-state index in [2.05, 4.69) is 30.5 Å². The third-order valence-corrected chi connectivity index (χ3v) is 6.01. The van der Waals surface area contributed by atoms with Crippen molar-refractivity contribution >= 4 is 22.8 Å². The Morgan fingerprint density at radius 2 is 2.00 bits per heavy atom. The van der Waals surface area contributed by atoms with Gasteiger partial charge in [-0.2, -0.15) is 0 Å². The zero-order chi connectivity index (χ0) is 22.8. The minimum Gasteiger partial charge on any atom is -0.478 e. The summed E-state index contributed by atoms with van der Waals surface area (Å²) in [7, 11) is 0. The quantitative estimate of drug-likeness (QED) is 0.566. The number of benzene rings is 1. The summed E-state index contributed by atoms with van der Waals surface area (Å²) >= 11 is 0. The van der Waals surface area contributed by atoms with Gasteiger partial charge >= 0.3 is 0 Å². The van der Waals surface area contributed by atoms with Crippen LogP contribution in [0.1, 0.15) is 18.7 Å². The molecular weight excluding hydrogens is 429 g/mol. The number of carbonyl (C=O) groups excluding carboxylic acids is 1. The van der Waals surface area contributed by atoms with E-state index < -0.39 is 0 Å². The number of nitrogens with one attached hydrogen (secondary N) is 2. The molecule has 2 aromatic heterocycles. The van der Waals surface area contributed by atoms with Crippen LogP contribution in [0.4, 0.5) is 10.2 Å². The second-order valence-electron chi connectivity index (χ2n) is 8.21. The van der Waals surface area contributed by atoms with Crippen LogP contribution in [0, 0.1) is 5.82 Å². The normalized spacial score (nSPS) is 16.9. The van der Waals surface area contributed by atoms with Crippen molar-refractivity contribution in [3.8, 4) is 5.75 Å². The molecule has 0 spiro atoms. The van der Waals surface area contributed by atoms with Crippen molar-refractivity contribution in [2.45, 2.75) is 32.0 Å². The first-order chi connectivity index (χ1) is 16.0. The fourth-order valence-corrected chi connectivity index (χ4v) is 4.20. The Morgan fingerprint density at radius 3 is 2.85 bits per heavy atom. The van der Waals surface area contributed by atoms with Crippen LogP contribution in [0.3, 0.4) is 0 Å². The van der Waals surface area contributed by atoms with Gasteiger partial charge in [0.2, 0.25) is 0 Å². The van der Waals surface area contributed by atoms with E-state index in [-0.39, 0.29) is 23.9 Å². The van der Waals surface area contributed by atoms with Gasteiger partial charge in [0.25, 0.3) is 11.5 Å². The molecule has 10 nitrogen and oxygen atoms in total. The molecule has 0 saturated carbocycles. The predicted molar refractivity (Wildman–Crippen MR) is 118 cm³/mol. The summed E-state index contributed by atoms with van der Waals surface area (Å²) in [5, 5.41) is 6.17. The molecule has 0 atom stereocenters. The number of hydrogen-bond donors (Lipinski definition) is 2. The number of fused-ring (bicyclic) bond motifs is 2. The van der Waals surface area contributed by atoms with Gasteiger partial charge in [-0.15, -0.1) is 0 Å². The molecule has 11 heteroatoms. The van der Waals surface area contributed by atoms with Gasteiger partial charge in [-0.3, -0.25) is 9.59 Å². The molecule has 5 rings (SSSR count). The Hall–Kier alpha value is -3.44. The molecule has 1 fully saturated rings. The van der Waals surface area contributed by atoms with E-state index in [4.69, 9.17) is 4.74 Å². The molecule has 1 amide bonds. The summed E-state index contributed by atoms with van der Waals surface area (Å²) in [4.78, 5) is 38.8. The molecule has 4 heterocycles. The van der Waals surface area contributed by atoms with Crippen LogP contribution in [0.15, 0.2) is 35.4 Å². The highest BCUT2D eigenvalue weighted by atomic mass is 19.1. The SMILES string of the molecule is O=C1COc2cnc(CNC3CCN(CCn4c(=O)cnc5ccc(F)cc54)CC3)nc2N1. The second-order valence-corrected chi connectivity index (χ2v) is 8.21. The Labute approximate surface area is 188 Å². The van der Waals surface area contributed by atoms with Crippen molar-refractivity contribution in [1.29, 1.82) is 0 Å². The van der Waals surface area contributed by atoms with Crippen LogP contribution in [-0.4, -0.2) is 62.6 Å². The van der Waals surface area contributed by atoms with Crippen LogP contribution in [0.2, 0.25) is 0 Å². The molecule has 33 heavy (non-hydrogen) atoms. The first-order valence-electron chi connectivity index (χ1n) is 10.9. The highest BCUT2D eigenvalue weighted by Gasteiger charge is 2.21. The number of anilines is 1. The number of nitrogens with zero attached hydrogens (tertiary/aromatic N) is 5. The maximum Gasteiger partial charge on any atom is 0.269 e. The predicted octanol–water partition coefficient (Wildman–Crippen LogP) is 0.911. The number of ether oxygens (including phenoxy) is 1. The molecule has 2 aliphatic rings. The molecule has 0 aliphatic carbocycles. The minimum absolute atomic E-state index is 0.0184. The lowest BCUT2D eigenvalue weighted by Gasteiger charge is -2.32. The molecule has 2 aliphatic heterocycles. The van der Waals surface area contributed by atoms with Gasteiger partial charge in [-0.05, 0) is 44.1 Å². The Bertz CT molecular complexity index is 1240. The van der Waals surface area contributed by atoms with E-state index in [1.54, 1.807) is 16.8 Å². The van der Waals surface area contributed by atoms with Crippen LogP contribution in [-0.2, 0) is 17.9 Å². The first kappa shape index (κ1) is 21.4. The van der Waals surface area contributed by atoms with Gasteiger partial charge in [0, 0.05) is 19.1 Å². The van der Waals surface area contributed by atoms with E-state index in [0.717, 1.165) is 25.9 Å². The number of piperidine rings is 1. The second kappa shape index (κ2) is 9.20. The molecule has 172 valence electrons. The van der Waals surface area contributed by atoms with Crippen LogP contribution in [0.5, 0.6) is 5.75 Å². The Kier molecular flexibility index (Phi) is 5.97. The van der Waals surface area contributed by atoms with E-state index in [9.17, 15) is 14.0 Å². The van der Waals surface area contributed by atoms with E-state index >= 15 is 0 Å². The molecular formula is C22H24FN7O3. The highest BCUT2D eigenvalue weighted by Crippen LogP contribution is 2.23. The summed E-state index contributed by atoms with van der Waals surface area (Å²) in [5.74, 6) is 0.883. The maximum atomic E-state index is 13.7. The average molecular weight is 453 g/mol. The van der Waals surface area contributed by atoms with Crippen molar-refractivity contribution in [1.82, 2.24) is 29.7 Å². The van der Waals surface area contributed by atoms with E-state index in [1.807, 2.05) is 0 Å². The molecule has 1 saturated heterocycles. The average Bonchev–Trinajstić information content (AvgIpc) is 2.82. The Morgan fingerprint density at radius 1 is 1.15 bits per heavy atom. The van der Waals surface area contributed by atoms with Gasteiger partial charge < -0.3 is 24.8 Å². The van der Waals surface area contributed by atoms with Gasteiger partial charge in [-0.25, -0.2) is 19.3 Å². The lowest BCUT2D eigenvalue weighted by Crippen LogP contribution is -2.43. The van der Waals surface area contributed by atoms with Crippen molar-refractivity contribution in [3.05, 3.63) is 52.6 Å². The van der Waals surface area contributed by atoms with Crippen molar-refractivity contribution in [3.63, 3.8) is 0 Å². The lowest BCUT2D eigenvalue weighted by atomic mass is 10.1. The smallest absolute Gasteiger partial charge is 0.269 e. The third-order valence-electron chi connectivity index (χ3n) is 6.01. The first-order valence-corrected chi connectivity index (χ1v) is 10.9. The zero-order valence-corrected chi connectivity index (χ0v) is 18.0. The number of amides is 1. The van der Waals surface area contributed by atoms with E-state index in [1.165, 1.54) is 18.3 Å². The van der Waals surface area contributed by atoms with Crippen LogP contribution >= 0.6 is 0 Å². The summed E-state index contributed by atoms with van der Waals surface area (Å²) in [6.45, 7) is 3.44. The minimum atomic E-state index is -0.381. The third kappa shape index (κ3) is 4.83. The lowest BCUT2D eigenvalue weighted by molar-refractivity contribution is -0.118. The molecule has 1 aromatic carbocycles. The fraction of sp³-hybridized carbons (Fsp3) is 0.409.